The minimum absolute atomic E-state index is 0.0581. The van der Waals surface area contributed by atoms with E-state index >= 15 is 0 Å². The van der Waals surface area contributed by atoms with Crippen LogP contribution in [0, 0.1) is 6.92 Å². The molecule has 124 valence electrons. The monoisotopic (exact) mass is 353 g/mol. The summed E-state index contributed by atoms with van der Waals surface area (Å²) in [5.41, 5.74) is 1.87. The number of benzene rings is 1. The molecule has 2 N–H and O–H groups in total. The van der Waals surface area contributed by atoms with E-state index in [4.69, 9.17) is 16.3 Å². The van der Waals surface area contributed by atoms with Crippen LogP contribution in [0.3, 0.4) is 0 Å². The molecule has 0 aliphatic heterocycles. The number of hydrogen-bond acceptors (Lipinski definition) is 3. The van der Waals surface area contributed by atoms with Gasteiger partial charge in [0.05, 0.1) is 24.7 Å². The normalized spacial score (nSPS) is 13.4. The van der Waals surface area contributed by atoms with Crippen molar-refractivity contribution in [2.45, 2.75) is 26.4 Å². The second-order valence-corrected chi connectivity index (χ2v) is 7.04. The fraction of sp³-hybridized carbons (Fsp3) is 0.353. The molecule has 0 aliphatic carbocycles. The van der Waals surface area contributed by atoms with Gasteiger partial charge in [-0.05, 0) is 49.1 Å². The molecular weight excluding hydrogens is 332 g/mol. The summed E-state index contributed by atoms with van der Waals surface area (Å²) in [5.74, 6) is 0.541. The van der Waals surface area contributed by atoms with Gasteiger partial charge in [0, 0.05) is 5.02 Å². The van der Waals surface area contributed by atoms with Gasteiger partial charge < -0.3 is 15.0 Å². The van der Waals surface area contributed by atoms with Gasteiger partial charge in [-0.15, -0.1) is 11.3 Å². The summed E-state index contributed by atoms with van der Waals surface area (Å²) in [4.78, 5) is 15.0. The van der Waals surface area contributed by atoms with Gasteiger partial charge in [-0.2, -0.15) is 0 Å². The van der Waals surface area contributed by atoms with Gasteiger partial charge in [-0.3, -0.25) is 4.79 Å². The summed E-state index contributed by atoms with van der Waals surface area (Å²) < 4.78 is 5.26. The average molecular weight is 354 g/mol. The van der Waals surface area contributed by atoms with E-state index in [-0.39, 0.29) is 11.9 Å². The Morgan fingerprint density at radius 3 is 2.78 bits per heavy atom. The van der Waals surface area contributed by atoms with Crippen molar-refractivity contribution in [1.29, 1.82) is 0 Å². The van der Waals surface area contributed by atoms with Gasteiger partial charge in [-0.25, -0.2) is 0 Å². The van der Waals surface area contributed by atoms with Crippen LogP contribution < -0.4 is 15.0 Å². The summed E-state index contributed by atoms with van der Waals surface area (Å²) >= 11 is 7.73. The van der Waals surface area contributed by atoms with Gasteiger partial charge in [-0.1, -0.05) is 11.6 Å². The predicted octanol–water partition coefficient (Wildman–Crippen LogP) is 2.76. The third kappa shape index (κ3) is 4.47. The molecule has 2 atom stereocenters. The van der Waals surface area contributed by atoms with Crippen molar-refractivity contribution in [3.05, 3.63) is 45.1 Å². The first-order valence-corrected chi connectivity index (χ1v) is 8.67. The molecule has 0 saturated heterocycles. The third-order valence-electron chi connectivity index (χ3n) is 3.96. The molecule has 0 saturated carbocycles. The number of rotatable bonds is 6. The van der Waals surface area contributed by atoms with Crippen LogP contribution in [-0.4, -0.2) is 26.1 Å². The highest BCUT2D eigenvalue weighted by Crippen LogP contribution is 2.27. The molecule has 1 amide bonds. The molecule has 1 heterocycles. The number of carbonyl (C=O) groups excluding carboxylic acids is 1. The number of aryl methyl sites for hydroxylation is 1. The van der Waals surface area contributed by atoms with E-state index in [1.54, 1.807) is 36.6 Å². The number of methoxy groups -OCH3 is 1. The van der Waals surface area contributed by atoms with E-state index in [0.29, 0.717) is 16.5 Å². The van der Waals surface area contributed by atoms with Crippen molar-refractivity contribution in [1.82, 2.24) is 0 Å². The van der Waals surface area contributed by atoms with E-state index in [1.807, 2.05) is 14.0 Å². The predicted molar refractivity (Wildman–Crippen MR) is 95.7 cm³/mol. The van der Waals surface area contributed by atoms with Crippen molar-refractivity contribution in [3.8, 4) is 5.75 Å². The molecule has 4 nitrogen and oxygen atoms in total. The molecule has 2 aromatic rings. The SMILES string of the molecule is COc1ccc(Cl)cc1NC(=O)[C@H](C)[NH+](C)Cc1sccc1C. The number of amides is 1. The minimum atomic E-state index is -0.194. The minimum Gasteiger partial charge on any atom is -0.495 e. The molecule has 6 heteroatoms. The maximum Gasteiger partial charge on any atom is 0.282 e. The molecule has 0 bridgehead atoms. The molecule has 0 aliphatic rings. The Balaban J connectivity index is 2.05. The first-order chi connectivity index (χ1) is 10.9. The second kappa shape index (κ2) is 7.81. The summed E-state index contributed by atoms with van der Waals surface area (Å²) in [6.45, 7) is 4.84. The van der Waals surface area contributed by atoms with Gasteiger partial charge >= 0.3 is 0 Å². The molecule has 0 fully saturated rings. The average Bonchev–Trinajstić information content (AvgIpc) is 2.91. The van der Waals surface area contributed by atoms with Crippen molar-refractivity contribution in [2.75, 3.05) is 19.5 Å². The van der Waals surface area contributed by atoms with Crippen molar-refractivity contribution >= 4 is 34.5 Å². The second-order valence-electron chi connectivity index (χ2n) is 5.61. The Hall–Kier alpha value is -1.56. The Morgan fingerprint density at radius 1 is 1.43 bits per heavy atom. The van der Waals surface area contributed by atoms with Crippen LogP contribution in [0.15, 0.2) is 29.6 Å². The van der Waals surface area contributed by atoms with Gasteiger partial charge in [0.25, 0.3) is 5.91 Å². The molecule has 23 heavy (non-hydrogen) atoms. The van der Waals surface area contributed by atoms with E-state index in [0.717, 1.165) is 11.4 Å². The number of thiophene rings is 1. The number of nitrogens with one attached hydrogen (secondary N) is 2. The first-order valence-electron chi connectivity index (χ1n) is 7.42. The number of quaternary nitrogens is 1. The summed E-state index contributed by atoms with van der Waals surface area (Å²) in [7, 11) is 3.60. The third-order valence-corrected chi connectivity index (χ3v) is 5.22. The maximum absolute atomic E-state index is 12.5. The van der Waals surface area contributed by atoms with Crippen molar-refractivity contribution < 1.29 is 14.4 Å². The van der Waals surface area contributed by atoms with Gasteiger partial charge in [0.1, 0.15) is 12.3 Å². The van der Waals surface area contributed by atoms with E-state index in [1.165, 1.54) is 10.4 Å². The van der Waals surface area contributed by atoms with E-state index in [2.05, 4.69) is 23.7 Å². The Morgan fingerprint density at radius 2 is 2.17 bits per heavy atom. The van der Waals surface area contributed by atoms with Crippen molar-refractivity contribution in [3.63, 3.8) is 0 Å². The zero-order valence-electron chi connectivity index (χ0n) is 13.8. The number of anilines is 1. The lowest BCUT2D eigenvalue weighted by atomic mass is 10.2. The summed E-state index contributed by atoms with van der Waals surface area (Å²) in [5, 5.41) is 5.55. The largest absolute Gasteiger partial charge is 0.495 e. The van der Waals surface area contributed by atoms with Gasteiger partial charge in [0.15, 0.2) is 6.04 Å². The number of ether oxygens (including phenoxy) is 1. The zero-order chi connectivity index (χ0) is 17.0. The molecule has 0 spiro atoms. The maximum atomic E-state index is 12.5. The molecule has 2 rings (SSSR count). The van der Waals surface area contributed by atoms with Crippen LogP contribution in [-0.2, 0) is 11.3 Å². The highest BCUT2D eigenvalue weighted by molar-refractivity contribution is 7.10. The van der Waals surface area contributed by atoms with Crippen LogP contribution >= 0.6 is 22.9 Å². The number of hydrogen-bond donors (Lipinski definition) is 2. The first kappa shape index (κ1) is 17.8. The highest BCUT2D eigenvalue weighted by Gasteiger charge is 2.23. The summed E-state index contributed by atoms with van der Waals surface area (Å²) in [6.07, 6.45) is 0. The molecule has 0 radical (unpaired) electrons. The smallest absolute Gasteiger partial charge is 0.282 e. The number of likely N-dealkylation sites (N-methyl/N-ethyl adjacent to an activating group) is 1. The summed E-state index contributed by atoms with van der Waals surface area (Å²) in [6, 6.07) is 7.09. The topological polar surface area (TPSA) is 42.8 Å². The molecular formula is C17H22ClN2O2S+. The van der Waals surface area contributed by atoms with E-state index in [9.17, 15) is 4.79 Å². The molecule has 1 unspecified atom stereocenters. The standard InChI is InChI=1S/C17H21ClN2O2S/c1-11-7-8-23-16(11)10-20(3)12(2)17(21)19-14-9-13(18)5-6-15(14)22-4/h5-9,12H,10H2,1-4H3,(H,19,21)/p+1/t12-/m0/s1. The Labute approximate surface area is 146 Å². The van der Waals surface area contributed by atoms with Crippen LogP contribution in [0.4, 0.5) is 5.69 Å². The zero-order valence-corrected chi connectivity index (χ0v) is 15.3. The highest BCUT2D eigenvalue weighted by atomic mass is 35.5. The molecule has 1 aromatic carbocycles. The lowest BCUT2D eigenvalue weighted by Crippen LogP contribution is -3.12. The quantitative estimate of drug-likeness (QED) is 0.838. The number of carbonyl (C=O) groups is 1. The van der Waals surface area contributed by atoms with Gasteiger partial charge in [0.2, 0.25) is 0 Å². The lowest BCUT2D eigenvalue weighted by Gasteiger charge is -2.21. The molecule has 1 aromatic heterocycles. The fourth-order valence-electron chi connectivity index (χ4n) is 2.23. The fourth-order valence-corrected chi connectivity index (χ4v) is 3.41. The Bertz CT molecular complexity index is 687. The lowest BCUT2D eigenvalue weighted by molar-refractivity contribution is -0.907. The number of halogens is 1. The van der Waals surface area contributed by atoms with Crippen LogP contribution in [0.2, 0.25) is 5.02 Å². The van der Waals surface area contributed by atoms with Crippen LogP contribution in [0.1, 0.15) is 17.4 Å². The Kier molecular flexibility index (Phi) is 6.04. The van der Waals surface area contributed by atoms with Crippen LogP contribution in [0.5, 0.6) is 5.75 Å². The van der Waals surface area contributed by atoms with E-state index < -0.39 is 0 Å². The van der Waals surface area contributed by atoms with Crippen LogP contribution in [0.25, 0.3) is 0 Å². The van der Waals surface area contributed by atoms with Crippen molar-refractivity contribution in [2.24, 2.45) is 0 Å².